The van der Waals surface area contributed by atoms with Gasteiger partial charge in [-0.2, -0.15) is 0 Å². The normalized spacial score (nSPS) is 17.0. The zero-order valence-corrected chi connectivity index (χ0v) is 11.4. The smallest absolute Gasteiger partial charge is 0.159 e. The van der Waals surface area contributed by atoms with E-state index >= 15 is 0 Å². The molecule has 1 saturated heterocycles. The predicted molar refractivity (Wildman–Crippen MR) is 72.1 cm³/mol. The molecule has 94 valence electrons. The molecule has 0 amide bonds. The Morgan fingerprint density at radius 1 is 1.29 bits per heavy atom. The Hall–Kier alpha value is -0.810. The largest absolute Gasteiger partial charge is 0.489 e. The van der Waals surface area contributed by atoms with Crippen molar-refractivity contribution >= 4 is 21.6 Å². The monoisotopic (exact) mass is 299 g/mol. The lowest BCUT2D eigenvalue weighted by atomic mass is 10.1. The summed E-state index contributed by atoms with van der Waals surface area (Å²) >= 11 is 3.39. The third-order valence-electron chi connectivity index (χ3n) is 2.98. The van der Waals surface area contributed by atoms with Gasteiger partial charge in [-0.25, -0.2) is 0 Å². The molecular formula is C12H18BrN3O. The van der Waals surface area contributed by atoms with E-state index in [1.54, 1.807) is 12.4 Å². The van der Waals surface area contributed by atoms with Crippen molar-refractivity contribution in [3.63, 3.8) is 0 Å². The van der Waals surface area contributed by atoms with E-state index in [9.17, 15) is 0 Å². The third-order valence-corrected chi connectivity index (χ3v) is 3.55. The van der Waals surface area contributed by atoms with Gasteiger partial charge in [-0.15, -0.1) is 0 Å². The number of hydrogen-bond acceptors (Lipinski definition) is 4. The van der Waals surface area contributed by atoms with E-state index in [1.807, 2.05) is 0 Å². The standard InChI is InChI=1S/C12H18BrN3O/c13-10-8-15-9-11(14)12(10)17-7-6-16-4-2-1-3-5-16/h8-9H,1-7,14H2. The van der Waals surface area contributed by atoms with Gasteiger partial charge in [0.15, 0.2) is 5.75 Å². The third kappa shape index (κ3) is 3.57. The topological polar surface area (TPSA) is 51.4 Å². The summed E-state index contributed by atoms with van der Waals surface area (Å²) in [6.45, 7) is 4.02. The SMILES string of the molecule is Nc1cncc(Br)c1OCCN1CCCCC1. The minimum Gasteiger partial charge on any atom is -0.489 e. The molecule has 1 aromatic heterocycles. The molecule has 0 atom stereocenters. The number of halogens is 1. The Balaban J connectivity index is 1.81. The van der Waals surface area contributed by atoms with Crippen LogP contribution in [0.25, 0.3) is 0 Å². The molecular weight excluding hydrogens is 282 g/mol. The highest BCUT2D eigenvalue weighted by Gasteiger charge is 2.11. The number of anilines is 1. The van der Waals surface area contributed by atoms with Crippen LogP contribution in [-0.4, -0.2) is 36.1 Å². The van der Waals surface area contributed by atoms with Gasteiger partial charge in [-0.3, -0.25) is 9.88 Å². The van der Waals surface area contributed by atoms with Crippen LogP contribution in [0.1, 0.15) is 19.3 Å². The lowest BCUT2D eigenvalue weighted by Crippen LogP contribution is -2.33. The molecule has 0 unspecified atom stereocenters. The first-order chi connectivity index (χ1) is 8.27. The molecule has 0 bridgehead atoms. The second-order valence-corrected chi connectivity index (χ2v) is 5.14. The zero-order chi connectivity index (χ0) is 12.1. The van der Waals surface area contributed by atoms with Crippen LogP contribution in [0.5, 0.6) is 5.75 Å². The Morgan fingerprint density at radius 2 is 2.06 bits per heavy atom. The quantitative estimate of drug-likeness (QED) is 0.927. The molecule has 2 heterocycles. The van der Waals surface area contributed by atoms with Crippen LogP contribution in [-0.2, 0) is 0 Å². The van der Waals surface area contributed by atoms with Gasteiger partial charge in [-0.05, 0) is 41.9 Å². The summed E-state index contributed by atoms with van der Waals surface area (Å²) in [4.78, 5) is 6.42. The van der Waals surface area contributed by atoms with Crippen LogP contribution >= 0.6 is 15.9 Å². The molecule has 0 radical (unpaired) electrons. The van der Waals surface area contributed by atoms with Gasteiger partial charge < -0.3 is 10.5 Å². The molecule has 17 heavy (non-hydrogen) atoms. The van der Waals surface area contributed by atoms with E-state index in [0.717, 1.165) is 11.0 Å². The Kier molecular flexibility index (Phi) is 4.62. The number of rotatable bonds is 4. The molecule has 0 aromatic carbocycles. The summed E-state index contributed by atoms with van der Waals surface area (Å²) in [7, 11) is 0. The van der Waals surface area contributed by atoms with Gasteiger partial charge in [0, 0.05) is 12.7 Å². The maximum atomic E-state index is 5.81. The van der Waals surface area contributed by atoms with Crippen molar-refractivity contribution in [2.24, 2.45) is 0 Å². The van der Waals surface area contributed by atoms with Gasteiger partial charge in [-0.1, -0.05) is 6.42 Å². The average molecular weight is 300 g/mol. The maximum absolute atomic E-state index is 5.81. The number of aromatic nitrogens is 1. The second-order valence-electron chi connectivity index (χ2n) is 4.29. The highest BCUT2D eigenvalue weighted by molar-refractivity contribution is 9.10. The molecule has 1 aliphatic rings. The second kappa shape index (κ2) is 6.21. The zero-order valence-electron chi connectivity index (χ0n) is 9.86. The fourth-order valence-corrected chi connectivity index (χ4v) is 2.51. The molecule has 0 saturated carbocycles. The molecule has 1 fully saturated rings. The number of hydrogen-bond donors (Lipinski definition) is 1. The van der Waals surface area contributed by atoms with E-state index in [4.69, 9.17) is 10.5 Å². The number of nitrogen functional groups attached to an aromatic ring is 1. The lowest BCUT2D eigenvalue weighted by molar-refractivity contribution is 0.183. The number of likely N-dealkylation sites (tertiary alicyclic amines) is 1. The van der Waals surface area contributed by atoms with Gasteiger partial charge in [0.05, 0.1) is 16.4 Å². The van der Waals surface area contributed by atoms with E-state index in [2.05, 4.69) is 25.8 Å². The lowest BCUT2D eigenvalue weighted by Gasteiger charge is -2.26. The van der Waals surface area contributed by atoms with Crippen molar-refractivity contribution < 1.29 is 4.74 Å². The van der Waals surface area contributed by atoms with E-state index in [1.165, 1.54) is 32.4 Å². The molecule has 5 heteroatoms. The Bertz CT molecular complexity index is 347. The summed E-state index contributed by atoms with van der Waals surface area (Å²) in [5.41, 5.74) is 6.39. The van der Waals surface area contributed by atoms with Gasteiger partial charge in [0.25, 0.3) is 0 Å². The summed E-state index contributed by atoms with van der Waals surface area (Å²) in [6.07, 6.45) is 7.29. The molecule has 1 aliphatic heterocycles. The van der Waals surface area contributed by atoms with Crippen LogP contribution in [0.2, 0.25) is 0 Å². The van der Waals surface area contributed by atoms with E-state index < -0.39 is 0 Å². The van der Waals surface area contributed by atoms with Crippen LogP contribution in [0, 0.1) is 0 Å². The molecule has 0 aliphatic carbocycles. The maximum Gasteiger partial charge on any atom is 0.159 e. The van der Waals surface area contributed by atoms with Crippen molar-refractivity contribution in [1.29, 1.82) is 0 Å². The summed E-state index contributed by atoms with van der Waals surface area (Å²) in [6, 6.07) is 0. The number of nitrogens with two attached hydrogens (primary N) is 1. The molecule has 2 N–H and O–H groups in total. The van der Waals surface area contributed by atoms with Gasteiger partial charge >= 0.3 is 0 Å². The highest BCUT2D eigenvalue weighted by Crippen LogP contribution is 2.29. The van der Waals surface area contributed by atoms with Crippen LogP contribution in [0.15, 0.2) is 16.9 Å². The van der Waals surface area contributed by atoms with Crippen LogP contribution in [0.3, 0.4) is 0 Å². The fourth-order valence-electron chi connectivity index (χ4n) is 2.05. The van der Waals surface area contributed by atoms with Crippen LogP contribution < -0.4 is 10.5 Å². The first-order valence-electron chi connectivity index (χ1n) is 6.01. The van der Waals surface area contributed by atoms with Crippen molar-refractivity contribution in [3.05, 3.63) is 16.9 Å². The molecule has 4 nitrogen and oxygen atoms in total. The summed E-state index contributed by atoms with van der Waals surface area (Å²) in [5, 5.41) is 0. The van der Waals surface area contributed by atoms with Gasteiger partial charge in [0.1, 0.15) is 6.61 Å². The number of pyridine rings is 1. The number of piperidine rings is 1. The molecule has 1 aromatic rings. The molecule has 0 spiro atoms. The van der Waals surface area contributed by atoms with Gasteiger partial charge in [0.2, 0.25) is 0 Å². The first-order valence-corrected chi connectivity index (χ1v) is 6.81. The number of nitrogens with zero attached hydrogens (tertiary/aromatic N) is 2. The van der Waals surface area contributed by atoms with Crippen LogP contribution in [0.4, 0.5) is 5.69 Å². The average Bonchev–Trinajstić information content (AvgIpc) is 2.34. The minimum atomic E-state index is 0.581. The molecule has 2 rings (SSSR count). The van der Waals surface area contributed by atoms with Crippen molar-refractivity contribution in [1.82, 2.24) is 9.88 Å². The van der Waals surface area contributed by atoms with Crippen molar-refractivity contribution in [3.8, 4) is 5.75 Å². The predicted octanol–water partition coefficient (Wildman–Crippen LogP) is 2.29. The van der Waals surface area contributed by atoms with E-state index in [-0.39, 0.29) is 0 Å². The summed E-state index contributed by atoms with van der Waals surface area (Å²) < 4.78 is 6.53. The Morgan fingerprint density at radius 3 is 2.76 bits per heavy atom. The Labute approximate surface area is 110 Å². The first kappa shape index (κ1) is 12.6. The number of ether oxygens (including phenoxy) is 1. The van der Waals surface area contributed by atoms with Crippen molar-refractivity contribution in [2.75, 3.05) is 32.0 Å². The summed E-state index contributed by atoms with van der Waals surface area (Å²) in [5.74, 6) is 0.706. The van der Waals surface area contributed by atoms with Crippen molar-refractivity contribution in [2.45, 2.75) is 19.3 Å². The fraction of sp³-hybridized carbons (Fsp3) is 0.583. The minimum absolute atomic E-state index is 0.581. The van der Waals surface area contributed by atoms with E-state index in [0.29, 0.717) is 18.0 Å². The highest BCUT2D eigenvalue weighted by atomic mass is 79.9.